The second kappa shape index (κ2) is 7.87. The van der Waals surface area contributed by atoms with Crippen LogP contribution >= 0.6 is 0 Å². The maximum absolute atomic E-state index is 12.9. The molecule has 1 aromatic heterocycles. The zero-order valence-electron chi connectivity index (χ0n) is 16.1. The Morgan fingerprint density at radius 3 is 2.32 bits per heavy atom. The zero-order valence-corrected chi connectivity index (χ0v) is 16.1. The molecule has 0 aliphatic heterocycles. The topological polar surface area (TPSA) is 60.0 Å². The van der Waals surface area contributed by atoms with Crippen molar-refractivity contribution in [1.29, 1.82) is 0 Å². The lowest BCUT2D eigenvalue weighted by molar-refractivity contribution is 0.0894. The summed E-state index contributed by atoms with van der Waals surface area (Å²) < 4.78 is 2.23. The van der Waals surface area contributed by atoms with E-state index in [-0.39, 0.29) is 17.5 Å². The lowest BCUT2D eigenvalue weighted by atomic mass is 9.92. The maximum Gasteiger partial charge on any atom is 0.253 e. The minimum absolute atomic E-state index is 0.0336. The van der Waals surface area contributed by atoms with Crippen molar-refractivity contribution in [2.75, 3.05) is 6.54 Å². The molecule has 0 saturated heterocycles. The number of nitrogens with zero attached hydrogens (tertiary/aromatic N) is 1. The number of rotatable bonds is 7. The first kappa shape index (κ1) is 19.3. The van der Waals surface area contributed by atoms with Gasteiger partial charge in [0.1, 0.15) is 0 Å². The predicted molar refractivity (Wildman–Crippen MR) is 104 cm³/mol. The Morgan fingerprint density at radius 1 is 1.20 bits per heavy atom. The Morgan fingerprint density at radius 2 is 1.80 bits per heavy atom. The van der Waals surface area contributed by atoms with Gasteiger partial charge >= 0.3 is 0 Å². The van der Waals surface area contributed by atoms with E-state index in [1.807, 2.05) is 31.2 Å². The first-order valence-electron chi connectivity index (χ1n) is 9.15. The van der Waals surface area contributed by atoms with Crippen LogP contribution in [0, 0.1) is 13.8 Å². The zero-order chi connectivity index (χ0) is 18.6. The smallest absolute Gasteiger partial charge is 0.253 e. The molecule has 0 aliphatic carbocycles. The van der Waals surface area contributed by atoms with Crippen LogP contribution in [0.4, 0.5) is 0 Å². The fraction of sp³-hybridized carbons (Fsp3) is 0.476. The molecule has 1 amide bonds. The molecular formula is C21H31N3O. The van der Waals surface area contributed by atoms with Gasteiger partial charge in [0, 0.05) is 17.9 Å². The number of nitrogens with one attached hydrogen (secondary N) is 1. The highest BCUT2D eigenvalue weighted by Gasteiger charge is 2.28. The van der Waals surface area contributed by atoms with Crippen LogP contribution in [-0.2, 0) is 0 Å². The lowest BCUT2D eigenvalue weighted by Gasteiger charge is -2.31. The molecule has 2 aromatic rings. The Bertz CT molecular complexity index is 706. The molecule has 4 heteroatoms. The van der Waals surface area contributed by atoms with Crippen molar-refractivity contribution in [1.82, 2.24) is 9.88 Å². The van der Waals surface area contributed by atoms with Crippen LogP contribution in [0.15, 0.2) is 36.4 Å². The van der Waals surface area contributed by atoms with Crippen LogP contribution in [0.2, 0.25) is 0 Å². The highest BCUT2D eigenvalue weighted by molar-refractivity contribution is 5.96. The Kier molecular flexibility index (Phi) is 6.07. The first-order chi connectivity index (χ1) is 11.9. The molecular weight excluding hydrogens is 310 g/mol. The second-order valence-corrected chi connectivity index (χ2v) is 6.89. The van der Waals surface area contributed by atoms with E-state index in [0.29, 0.717) is 6.54 Å². The van der Waals surface area contributed by atoms with E-state index in [2.05, 4.69) is 49.7 Å². The van der Waals surface area contributed by atoms with Gasteiger partial charge in [0.2, 0.25) is 0 Å². The van der Waals surface area contributed by atoms with Gasteiger partial charge in [-0.05, 0) is 45.2 Å². The fourth-order valence-electron chi connectivity index (χ4n) is 3.56. The molecule has 0 bridgehead atoms. The van der Waals surface area contributed by atoms with E-state index >= 15 is 0 Å². The van der Waals surface area contributed by atoms with Gasteiger partial charge in [-0.25, -0.2) is 0 Å². The minimum atomic E-state index is -0.329. The van der Waals surface area contributed by atoms with E-state index in [1.54, 1.807) is 0 Å². The van der Waals surface area contributed by atoms with E-state index in [0.717, 1.165) is 29.8 Å². The molecule has 1 atom stereocenters. The van der Waals surface area contributed by atoms with E-state index in [9.17, 15) is 4.79 Å². The number of carbonyl (C=O) groups is 1. The number of carbonyl (C=O) groups excluding carboxylic acids is 1. The molecule has 1 heterocycles. The molecule has 1 aromatic carbocycles. The summed E-state index contributed by atoms with van der Waals surface area (Å²) in [6, 6.07) is 12.5. The van der Waals surface area contributed by atoms with Gasteiger partial charge in [-0.15, -0.1) is 0 Å². The van der Waals surface area contributed by atoms with Crippen molar-refractivity contribution in [2.24, 2.45) is 5.73 Å². The molecule has 4 nitrogen and oxygen atoms in total. The van der Waals surface area contributed by atoms with Crippen LogP contribution in [0.5, 0.6) is 0 Å². The fourth-order valence-corrected chi connectivity index (χ4v) is 3.56. The van der Waals surface area contributed by atoms with Crippen molar-refractivity contribution in [3.8, 4) is 0 Å². The standard InChI is InChI=1S/C21H31N3O/c1-6-21(7-2,14-22)23-20(25)19-13-15(3)24(17(19)5)16(4)18-11-9-8-10-12-18/h8-13,16H,6-7,14,22H2,1-5H3,(H,23,25). The summed E-state index contributed by atoms with van der Waals surface area (Å²) in [5.74, 6) is -0.0336. The van der Waals surface area contributed by atoms with Gasteiger partial charge in [-0.1, -0.05) is 44.2 Å². The third kappa shape index (κ3) is 3.79. The summed E-state index contributed by atoms with van der Waals surface area (Å²) >= 11 is 0. The Hall–Kier alpha value is -2.07. The average Bonchev–Trinajstić information content (AvgIpc) is 2.94. The SMILES string of the molecule is CCC(CC)(CN)NC(=O)c1cc(C)n(C(C)c2ccccc2)c1C. The monoisotopic (exact) mass is 341 g/mol. The minimum Gasteiger partial charge on any atom is -0.345 e. The molecule has 0 fully saturated rings. The second-order valence-electron chi connectivity index (χ2n) is 6.89. The van der Waals surface area contributed by atoms with Crippen LogP contribution in [0.25, 0.3) is 0 Å². The number of benzene rings is 1. The van der Waals surface area contributed by atoms with Crippen LogP contribution < -0.4 is 11.1 Å². The number of aryl methyl sites for hydroxylation is 1. The summed E-state index contributed by atoms with van der Waals surface area (Å²) in [6.45, 7) is 10.8. The predicted octanol–water partition coefficient (Wildman–Crippen LogP) is 3.96. The molecule has 0 spiro atoms. The highest BCUT2D eigenvalue weighted by Crippen LogP contribution is 2.26. The molecule has 0 saturated carbocycles. The number of hydrogen-bond donors (Lipinski definition) is 2. The van der Waals surface area contributed by atoms with Crippen LogP contribution in [-0.4, -0.2) is 22.6 Å². The Balaban J connectivity index is 2.34. The van der Waals surface area contributed by atoms with Crippen molar-refractivity contribution in [3.63, 3.8) is 0 Å². The molecule has 25 heavy (non-hydrogen) atoms. The average molecular weight is 341 g/mol. The summed E-state index contributed by atoms with van der Waals surface area (Å²) in [6.07, 6.45) is 1.65. The highest BCUT2D eigenvalue weighted by atomic mass is 16.1. The van der Waals surface area contributed by atoms with Gasteiger partial charge in [-0.3, -0.25) is 4.79 Å². The van der Waals surface area contributed by atoms with E-state index in [4.69, 9.17) is 5.73 Å². The normalized spacial score (nSPS) is 12.9. The van der Waals surface area contributed by atoms with Crippen molar-refractivity contribution >= 4 is 5.91 Å². The molecule has 0 aliphatic rings. The largest absolute Gasteiger partial charge is 0.345 e. The van der Waals surface area contributed by atoms with Crippen molar-refractivity contribution in [3.05, 3.63) is 58.9 Å². The summed E-state index contributed by atoms with van der Waals surface area (Å²) in [4.78, 5) is 12.9. The van der Waals surface area contributed by atoms with Gasteiger partial charge in [0.15, 0.2) is 0 Å². The third-order valence-corrected chi connectivity index (χ3v) is 5.52. The van der Waals surface area contributed by atoms with Crippen molar-refractivity contribution < 1.29 is 4.79 Å². The maximum atomic E-state index is 12.9. The van der Waals surface area contributed by atoms with Crippen LogP contribution in [0.3, 0.4) is 0 Å². The number of hydrogen-bond acceptors (Lipinski definition) is 2. The van der Waals surface area contributed by atoms with E-state index < -0.39 is 0 Å². The van der Waals surface area contributed by atoms with Crippen LogP contribution in [0.1, 0.15) is 67.0 Å². The number of nitrogens with two attached hydrogens (primary N) is 1. The van der Waals surface area contributed by atoms with Gasteiger partial charge in [0.05, 0.1) is 17.1 Å². The summed E-state index contributed by atoms with van der Waals surface area (Å²) in [5.41, 5.74) is 9.65. The summed E-state index contributed by atoms with van der Waals surface area (Å²) in [5, 5.41) is 3.18. The molecule has 136 valence electrons. The number of aromatic nitrogens is 1. The lowest BCUT2D eigenvalue weighted by Crippen LogP contribution is -2.52. The van der Waals surface area contributed by atoms with Crippen molar-refractivity contribution in [2.45, 2.75) is 59.0 Å². The van der Waals surface area contributed by atoms with Gasteiger partial charge in [0.25, 0.3) is 5.91 Å². The first-order valence-corrected chi connectivity index (χ1v) is 9.15. The third-order valence-electron chi connectivity index (χ3n) is 5.52. The van der Waals surface area contributed by atoms with Gasteiger partial charge in [-0.2, -0.15) is 0 Å². The molecule has 3 N–H and O–H groups in total. The van der Waals surface area contributed by atoms with E-state index in [1.165, 1.54) is 5.56 Å². The van der Waals surface area contributed by atoms with Gasteiger partial charge < -0.3 is 15.6 Å². The summed E-state index contributed by atoms with van der Waals surface area (Å²) in [7, 11) is 0. The Labute approximate surface area is 151 Å². The molecule has 2 rings (SSSR count). The quantitative estimate of drug-likeness (QED) is 0.801. The molecule has 0 radical (unpaired) electrons. The number of amides is 1. The molecule has 1 unspecified atom stereocenters.